The van der Waals surface area contributed by atoms with Crippen molar-refractivity contribution in [3.63, 3.8) is 0 Å². The Bertz CT molecular complexity index is 1170. The van der Waals surface area contributed by atoms with Crippen molar-refractivity contribution in [2.75, 3.05) is 12.3 Å². The fourth-order valence-corrected chi connectivity index (χ4v) is 2.96. The maximum Gasteiger partial charge on any atom is 0.174 e. The number of rotatable bonds is 4. The quantitative estimate of drug-likeness (QED) is 0.598. The summed E-state index contributed by atoms with van der Waals surface area (Å²) in [7, 11) is 0. The number of nitrogens with two attached hydrogens (primary N) is 1. The molecule has 0 bridgehead atoms. The number of anilines is 1. The molecular formula is C21H15N5O. The molecule has 130 valence electrons. The van der Waals surface area contributed by atoms with E-state index in [9.17, 15) is 0 Å². The van der Waals surface area contributed by atoms with Crippen LogP contribution < -0.4 is 10.5 Å². The lowest BCUT2D eigenvalue weighted by Crippen LogP contribution is -1.95. The van der Waals surface area contributed by atoms with Crippen LogP contribution in [0.3, 0.4) is 0 Å². The molecule has 2 aromatic carbocycles. The standard InChI is InChI=1S/C21H15N5O/c22-8-10-27-16-4-1-3-15(11-16)20-17(5-2-9-24-20)14-6-7-19-18(12-14)21(23)26-13-25-19/h1-7,9,11-13H,10H2,(H2,23,25,26). The second-order valence-electron chi connectivity index (χ2n) is 5.87. The summed E-state index contributed by atoms with van der Waals surface area (Å²) in [4.78, 5) is 12.9. The van der Waals surface area contributed by atoms with Gasteiger partial charge in [-0.25, -0.2) is 9.97 Å². The van der Waals surface area contributed by atoms with Gasteiger partial charge in [0.25, 0.3) is 0 Å². The van der Waals surface area contributed by atoms with E-state index in [1.807, 2.05) is 60.7 Å². The van der Waals surface area contributed by atoms with Crippen LogP contribution in [0.2, 0.25) is 0 Å². The van der Waals surface area contributed by atoms with Crippen molar-refractivity contribution in [3.05, 3.63) is 67.1 Å². The molecule has 2 N–H and O–H groups in total. The van der Waals surface area contributed by atoms with Gasteiger partial charge in [0, 0.05) is 22.7 Å². The Labute approximate surface area is 155 Å². The Morgan fingerprint density at radius 2 is 1.89 bits per heavy atom. The molecule has 0 aliphatic rings. The topological polar surface area (TPSA) is 97.7 Å². The van der Waals surface area contributed by atoms with Crippen LogP contribution in [0, 0.1) is 11.3 Å². The molecule has 0 saturated heterocycles. The highest BCUT2D eigenvalue weighted by atomic mass is 16.5. The average molecular weight is 353 g/mol. The second kappa shape index (κ2) is 7.10. The van der Waals surface area contributed by atoms with Crippen LogP contribution >= 0.6 is 0 Å². The molecule has 2 heterocycles. The van der Waals surface area contributed by atoms with Gasteiger partial charge in [-0.15, -0.1) is 0 Å². The molecule has 0 amide bonds. The van der Waals surface area contributed by atoms with E-state index in [0.29, 0.717) is 11.6 Å². The molecule has 4 rings (SSSR count). The predicted molar refractivity (Wildman–Crippen MR) is 104 cm³/mol. The van der Waals surface area contributed by atoms with Crippen molar-refractivity contribution in [2.24, 2.45) is 0 Å². The molecule has 6 heteroatoms. The number of ether oxygens (including phenoxy) is 1. The van der Waals surface area contributed by atoms with Crippen LogP contribution in [-0.2, 0) is 0 Å². The Morgan fingerprint density at radius 1 is 0.963 bits per heavy atom. The second-order valence-corrected chi connectivity index (χ2v) is 5.87. The molecule has 0 radical (unpaired) electrons. The number of nitrogen functional groups attached to an aromatic ring is 1. The molecule has 6 nitrogen and oxygen atoms in total. The number of hydrogen-bond donors (Lipinski definition) is 1. The van der Waals surface area contributed by atoms with E-state index in [1.54, 1.807) is 6.20 Å². The molecule has 0 aliphatic carbocycles. The average Bonchev–Trinajstić information content (AvgIpc) is 2.72. The largest absolute Gasteiger partial charge is 0.479 e. The Morgan fingerprint density at radius 3 is 2.78 bits per heavy atom. The number of pyridine rings is 1. The summed E-state index contributed by atoms with van der Waals surface area (Å²) in [5.74, 6) is 1.07. The summed E-state index contributed by atoms with van der Waals surface area (Å²) >= 11 is 0. The van der Waals surface area contributed by atoms with E-state index in [-0.39, 0.29) is 6.61 Å². The normalized spacial score (nSPS) is 10.5. The van der Waals surface area contributed by atoms with Gasteiger partial charge in [0.05, 0.1) is 11.2 Å². The van der Waals surface area contributed by atoms with Gasteiger partial charge >= 0.3 is 0 Å². The zero-order valence-electron chi connectivity index (χ0n) is 14.3. The number of fused-ring (bicyclic) bond motifs is 1. The first-order valence-electron chi connectivity index (χ1n) is 8.32. The SMILES string of the molecule is N#CCOc1cccc(-c2ncccc2-c2ccc3ncnc(N)c3c2)c1. The minimum Gasteiger partial charge on any atom is -0.479 e. The zero-order valence-corrected chi connectivity index (χ0v) is 14.3. The summed E-state index contributed by atoms with van der Waals surface area (Å²) in [5.41, 5.74) is 10.4. The molecule has 0 spiro atoms. The van der Waals surface area contributed by atoms with Gasteiger partial charge in [0.1, 0.15) is 24.0 Å². The minimum absolute atomic E-state index is 0.00246. The van der Waals surface area contributed by atoms with Crippen molar-refractivity contribution in [1.29, 1.82) is 5.26 Å². The van der Waals surface area contributed by atoms with E-state index in [2.05, 4.69) is 15.0 Å². The van der Waals surface area contributed by atoms with Crippen molar-refractivity contribution in [1.82, 2.24) is 15.0 Å². The Kier molecular flexibility index (Phi) is 4.33. The van der Waals surface area contributed by atoms with E-state index in [4.69, 9.17) is 15.7 Å². The van der Waals surface area contributed by atoms with Crippen LogP contribution in [0.1, 0.15) is 0 Å². The number of hydrogen-bond acceptors (Lipinski definition) is 6. The summed E-state index contributed by atoms with van der Waals surface area (Å²) in [6.45, 7) is 0.00246. The molecule has 0 unspecified atom stereocenters. The third-order valence-corrected chi connectivity index (χ3v) is 4.20. The Hall–Kier alpha value is -3.98. The predicted octanol–water partition coefficient (Wildman–Crippen LogP) is 3.84. The molecule has 4 aromatic rings. The van der Waals surface area contributed by atoms with Crippen molar-refractivity contribution in [2.45, 2.75) is 0 Å². The first-order valence-corrected chi connectivity index (χ1v) is 8.32. The zero-order chi connectivity index (χ0) is 18.6. The van der Waals surface area contributed by atoms with Gasteiger partial charge in [-0.2, -0.15) is 5.26 Å². The highest BCUT2D eigenvalue weighted by molar-refractivity contribution is 5.93. The molecule has 0 fully saturated rings. The summed E-state index contributed by atoms with van der Waals surface area (Å²) in [5, 5.41) is 9.51. The van der Waals surface area contributed by atoms with Gasteiger partial charge < -0.3 is 10.5 Å². The Balaban J connectivity index is 1.83. The van der Waals surface area contributed by atoms with Crippen molar-refractivity contribution < 1.29 is 4.74 Å². The lowest BCUT2D eigenvalue weighted by atomic mass is 9.98. The first kappa shape index (κ1) is 16.5. The fourth-order valence-electron chi connectivity index (χ4n) is 2.96. The fraction of sp³-hybridized carbons (Fsp3) is 0.0476. The molecule has 0 aliphatic heterocycles. The lowest BCUT2D eigenvalue weighted by molar-refractivity contribution is 0.368. The third kappa shape index (κ3) is 3.26. The number of nitrogens with zero attached hydrogens (tertiary/aromatic N) is 4. The number of aromatic nitrogens is 3. The van der Waals surface area contributed by atoms with Gasteiger partial charge in [-0.05, 0) is 35.9 Å². The van der Waals surface area contributed by atoms with E-state index in [0.717, 1.165) is 33.3 Å². The van der Waals surface area contributed by atoms with Crippen LogP contribution in [0.4, 0.5) is 5.82 Å². The minimum atomic E-state index is 0.00246. The van der Waals surface area contributed by atoms with Gasteiger partial charge in [0.2, 0.25) is 0 Å². The maximum atomic E-state index is 8.71. The smallest absolute Gasteiger partial charge is 0.174 e. The summed E-state index contributed by atoms with van der Waals surface area (Å²) in [6, 6.07) is 19.3. The van der Waals surface area contributed by atoms with Crippen molar-refractivity contribution in [3.8, 4) is 34.2 Å². The monoisotopic (exact) mass is 353 g/mol. The summed E-state index contributed by atoms with van der Waals surface area (Å²) < 4.78 is 5.41. The number of nitriles is 1. The van der Waals surface area contributed by atoms with Crippen molar-refractivity contribution >= 4 is 16.7 Å². The van der Waals surface area contributed by atoms with Crippen LogP contribution in [0.5, 0.6) is 5.75 Å². The van der Waals surface area contributed by atoms with E-state index >= 15 is 0 Å². The lowest BCUT2D eigenvalue weighted by Gasteiger charge is -2.11. The van der Waals surface area contributed by atoms with Crippen LogP contribution in [0.15, 0.2) is 67.1 Å². The first-order chi connectivity index (χ1) is 13.3. The summed E-state index contributed by atoms with van der Waals surface area (Å²) in [6.07, 6.45) is 3.21. The van der Waals surface area contributed by atoms with E-state index in [1.165, 1.54) is 6.33 Å². The molecule has 2 aromatic heterocycles. The molecule has 27 heavy (non-hydrogen) atoms. The highest BCUT2D eigenvalue weighted by Crippen LogP contribution is 2.33. The van der Waals surface area contributed by atoms with Crippen LogP contribution in [0.25, 0.3) is 33.3 Å². The number of benzene rings is 2. The highest BCUT2D eigenvalue weighted by Gasteiger charge is 2.11. The van der Waals surface area contributed by atoms with Gasteiger partial charge in [-0.3, -0.25) is 4.98 Å². The van der Waals surface area contributed by atoms with Gasteiger partial charge in [-0.1, -0.05) is 24.3 Å². The molecule has 0 atom stereocenters. The third-order valence-electron chi connectivity index (χ3n) is 4.20. The maximum absolute atomic E-state index is 8.71. The van der Waals surface area contributed by atoms with E-state index < -0.39 is 0 Å². The molecular weight excluding hydrogens is 338 g/mol. The van der Waals surface area contributed by atoms with Gasteiger partial charge in [0.15, 0.2) is 6.61 Å². The molecule has 0 saturated carbocycles. The van der Waals surface area contributed by atoms with Crippen LogP contribution in [-0.4, -0.2) is 21.6 Å².